The topological polar surface area (TPSA) is 55.8 Å². The lowest BCUT2D eigenvalue weighted by Gasteiger charge is -2.21. The van der Waals surface area contributed by atoms with Gasteiger partial charge >= 0.3 is 5.97 Å². The molecule has 0 saturated carbocycles. The number of nitrogens with zero attached hydrogens (tertiary/aromatic N) is 1. The number of carbonyl (C=O) groups is 2. The molecule has 0 heterocycles. The Kier molecular flexibility index (Phi) is 5.29. The van der Waals surface area contributed by atoms with Crippen LogP contribution in [0.1, 0.15) is 20.7 Å². The number of ether oxygens (including phenoxy) is 1. The third kappa shape index (κ3) is 3.89. The predicted molar refractivity (Wildman–Crippen MR) is 98.1 cm³/mol. The summed E-state index contributed by atoms with van der Waals surface area (Å²) >= 11 is 0. The van der Waals surface area contributed by atoms with Gasteiger partial charge in [0.2, 0.25) is 0 Å². The second-order valence-electron chi connectivity index (χ2n) is 5.41. The Balaban J connectivity index is 1.90. The molecule has 3 rings (SSSR count). The summed E-state index contributed by atoms with van der Waals surface area (Å²) in [7, 11) is 1.55. The van der Waals surface area contributed by atoms with E-state index < -0.39 is 11.9 Å². The van der Waals surface area contributed by atoms with Gasteiger partial charge in [-0.25, -0.2) is 4.79 Å². The van der Waals surface area contributed by atoms with Gasteiger partial charge in [-0.2, -0.15) is 0 Å². The van der Waals surface area contributed by atoms with E-state index in [9.17, 15) is 9.59 Å². The number of hydrogen-bond donors (Lipinski definition) is 0. The van der Waals surface area contributed by atoms with Crippen LogP contribution in [0.4, 0.5) is 5.69 Å². The van der Waals surface area contributed by atoms with Crippen LogP contribution in [-0.2, 0) is 4.84 Å². The van der Waals surface area contributed by atoms with Crippen molar-refractivity contribution in [2.75, 3.05) is 12.2 Å². The number of methoxy groups -OCH3 is 1. The van der Waals surface area contributed by atoms with Crippen LogP contribution < -0.4 is 9.80 Å². The van der Waals surface area contributed by atoms with Gasteiger partial charge in [0, 0.05) is 5.56 Å². The SMILES string of the molecule is COc1ccc(C(=O)N(OC(=O)c2ccccc2)c2ccccc2)cc1. The first kappa shape index (κ1) is 17.2. The van der Waals surface area contributed by atoms with Crippen molar-refractivity contribution in [3.05, 3.63) is 96.1 Å². The van der Waals surface area contributed by atoms with Gasteiger partial charge in [-0.05, 0) is 48.5 Å². The molecule has 0 aliphatic carbocycles. The molecule has 0 aliphatic rings. The number of hydroxylamine groups is 1. The molecule has 0 bridgehead atoms. The van der Waals surface area contributed by atoms with E-state index in [1.54, 1.807) is 86.0 Å². The minimum Gasteiger partial charge on any atom is -0.497 e. The highest BCUT2D eigenvalue weighted by Crippen LogP contribution is 2.20. The van der Waals surface area contributed by atoms with Crippen LogP contribution in [0.2, 0.25) is 0 Å². The molecule has 0 saturated heterocycles. The number of anilines is 1. The lowest BCUT2D eigenvalue weighted by atomic mass is 10.2. The van der Waals surface area contributed by atoms with E-state index in [0.717, 1.165) is 5.06 Å². The summed E-state index contributed by atoms with van der Waals surface area (Å²) in [6, 6.07) is 23.8. The Hall–Kier alpha value is -3.60. The highest BCUT2D eigenvalue weighted by atomic mass is 16.7. The summed E-state index contributed by atoms with van der Waals surface area (Å²) in [5, 5.41) is 0.997. The molecule has 0 N–H and O–H groups in total. The Bertz CT molecular complexity index is 877. The van der Waals surface area contributed by atoms with Crippen LogP contribution in [-0.4, -0.2) is 19.0 Å². The monoisotopic (exact) mass is 347 g/mol. The molecule has 0 aliphatic heterocycles. The van der Waals surface area contributed by atoms with Crippen LogP contribution in [0.15, 0.2) is 84.9 Å². The summed E-state index contributed by atoms with van der Waals surface area (Å²) in [5.74, 6) is -0.437. The fourth-order valence-electron chi connectivity index (χ4n) is 2.34. The van der Waals surface area contributed by atoms with Gasteiger partial charge in [0.15, 0.2) is 0 Å². The Morgan fingerprint density at radius 3 is 1.88 bits per heavy atom. The molecule has 0 aromatic heterocycles. The summed E-state index contributed by atoms with van der Waals surface area (Å²) in [6.45, 7) is 0. The molecule has 0 fully saturated rings. The smallest absolute Gasteiger partial charge is 0.363 e. The zero-order valence-corrected chi connectivity index (χ0v) is 14.2. The Morgan fingerprint density at radius 2 is 1.31 bits per heavy atom. The van der Waals surface area contributed by atoms with Gasteiger partial charge in [-0.3, -0.25) is 4.79 Å². The summed E-state index contributed by atoms with van der Waals surface area (Å²) in [6.07, 6.45) is 0. The molecule has 1 amide bonds. The number of amides is 1. The van der Waals surface area contributed by atoms with Crippen molar-refractivity contribution in [1.29, 1.82) is 0 Å². The summed E-state index contributed by atoms with van der Waals surface area (Å²) < 4.78 is 5.11. The molecule has 26 heavy (non-hydrogen) atoms. The zero-order chi connectivity index (χ0) is 18.4. The fourth-order valence-corrected chi connectivity index (χ4v) is 2.34. The van der Waals surface area contributed by atoms with Gasteiger partial charge in [0.05, 0.1) is 18.4 Å². The number of benzene rings is 3. The maximum absolute atomic E-state index is 12.9. The molecule has 3 aromatic carbocycles. The molecule has 3 aromatic rings. The van der Waals surface area contributed by atoms with Crippen LogP contribution in [0, 0.1) is 0 Å². The molecule has 0 atom stereocenters. The standard InChI is InChI=1S/C21H17NO4/c1-25-19-14-12-16(13-15-19)20(23)22(18-10-6-3-7-11-18)26-21(24)17-8-4-2-5-9-17/h2-15H,1H3. The zero-order valence-electron chi connectivity index (χ0n) is 14.2. The second-order valence-corrected chi connectivity index (χ2v) is 5.41. The normalized spacial score (nSPS) is 10.0. The molecular weight excluding hydrogens is 330 g/mol. The van der Waals surface area contributed by atoms with E-state index in [2.05, 4.69) is 0 Å². The molecular formula is C21H17NO4. The third-order valence-electron chi connectivity index (χ3n) is 3.70. The highest BCUT2D eigenvalue weighted by molar-refractivity contribution is 6.06. The van der Waals surface area contributed by atoms with Crippen molar-refractivity contribution < 1.29 is 19.2 Å². The summed E-state index contributed by atoms with van der Waals surface area (Å²) in [4.78, 5) is 30.8. The van der Waals surface area contributed by atoms with E-state index in [1.807, 2.05) is 6.07 Å². The average Bonchev–Trinajstić information content (AvgIpc) is 2.72. The maximum atomic E-state index is 12.9. The first-order valence-electron chi connectivity index (χ1n) is 8.00. The second kappa shape index (κ2) is 7.98. The first-order chi connectivity index (χ1) is 12.7. The highest BCUT2D eigenvalue weighted by Gasteiger charge is 2.23. The van der Waals surface area contributed by atoms with Crippen LogP contribution in [0.25, 0.3) is 0 Å². The predicted octanol–water partition coefficient (Wildman–Crippen LogP) is 4.11. The van der Waals surface area contributed by atoms with E-state index in [-0.39, 0.29) is 0 Å². The molecule has 130 valence electrons. The van der Waals surface area contributed by atoms with E-state index in [0.29, 0.717) is 22.6 Å². The van der Waals surface area contributed by atoms with Crippen molar-refractivity contribution in [3.8, 4) is 5.75 Å². The number of para-hydroxylation sites is 1. The van der Waals surface area contributed by atoms with Crippen molar-refractivity contribution >= 4 is 17.6 Å². The van der Waals surface area contributed by atoms with Crippen molar-refractivity contribution in [2.24, 2.45) is 0 Å². The lowest BCUT2D eigenvalue weighted by Crippen LogP contribution is -2.33. The molecule has 5 heteroatoms. The van der Waals surface area contributed by atoms with Gasteiger partial charge in [0.25, 0.3) is 5.91 Å². The van der Waals surface area contributed by atoms with Gasteiger partial charge in [-0.15, -0.1) is 5.06 Å². The van der Waals surface area contributed by atoms with Gasteiger partial charge < -0.3 is 9.57 Å². The fraction of sp³-hybridized carbons (Fsp3) is 0.0476. The average molecular weight is 347 g/mol. The van der Waals surface area contributed by atoms with Crippen LogP contribution >= 0.6 is 0 Å². The van der Waals surface area contributed by atoms with E-state index >= 15 is 0 Å². The summed E-state index contributed by atoms with van der Waals surface area (Å²) in [5.41, 5.74) is 1.18. The van der Waals surface area contributed by atoms with Crippen LogP contribution in [0.3, 0.4) is 0 Å². The van der Waals surface area contributed by atoms with Crippen molar-refractivity contribution in [3.63, 3.8) is 0 Å². The quantitative estimate of drug-likeness (QED) is 0.666. The minimum absolute atomic E-state index is 0.357. The molecule has 0 spiro atoms. The largest absolute Gasteiger partial charge is 0.497 e. The molecule has 0 radical (unpaired) electrons. The van der Waals surface area contributed by atoms with Crippen molar-refractivity contribution in [2.45, 2.75) is 0 Å². The third-order valence-corrected chi connectivity index (χ3v) is 3.70. The van der Waals surface area contributed by atoms with Gasteiger partial charge in [-0.1, -0.05) is 36.4 Å². The number of hydrogen-bond acceptors (Lipinski definition) is 4. The first-order valence-corrected chi connectivity index (χ1v) is 8.00. The lowest BCUT2D eigenvalue weighted by molar-refractivity contribution is 0.0409. The van der Waals surface area contributed by atoms with Crippen LogP contribution in [0.5, 0.6) is 5.75 Å². The maximum Gasteiger partial charge on any atom is 0.363 e. The Labute approximate surface area is 151 Å². The number of rotatable bonds is 4. The van der Waals surface area contributed by atoms with E-state index in [4.69, 9.17) is 9.57 Å². The molecule has 5 nitrogen and oxygen atoms in total. The van der Waals surface area contributed by atoms with Crippen molar-refractivity contribution in [1.82, 2.24) is 0 Å². The van der Waals surface area contributed by atoms with Gasteiger partial charge in [0.1, 0.15) is 5.75 Å². The molecule has 0 unspecified atom stereocenters. The number of carbonyl (C=O) groups excluding carboxylic acids is 2. The minimum atomic E-state index is -0.615. The Morgan fingerprint density at radius 1 is 0.731 bits per heavy atom. The van der Waals surface area contributed by atoms with E-state index in [1.165, 1.54) is 0 Å².